The lowest BCUT2D eigenvalue weighted by Crippen LogP contribution is -2.41. The summed E-state index contributed by atoms with van der Waals surface area (Å²) < 4.78 is 27.1. The summed E-state index contributed by atoms with van der Waals surface area (Å²) in [6, 6.07) is 1.83. The number of hydrogen-bond acceptors (Lipinski definition) is 5. The normalized spacial score (nSPS) is 13.4. The molecular weight excluding hydrogens is 296 g/mol. The monoisotopic (exact) mass is 316 g/mol. The summed E-state index contributed by atoms with van der Waals surface area (Å²) in [5.74, 6) is -0.143. The van der Waals surface area contributed by atoms with Gasteiger partial charge < -0.3 is 5.11 Å². The summed E-state index contributed by atoms with van der Waals surface area (Å²) in [6.07, 6.45) is 0. The van der Waals surface area contributed by atoms with Crippen molar-refractivity contribution < 1.29 is 18.4 Å². The molecule has 1 unspecified atom stereocenters. The van der Waals surface area contributed by atoms with Gasteiger partial charge >= 0.3 is 0 Å². The first kappa shape index (κ1) is 17.5. The molecule has 1 aromatic rings. The molecule has 1 aromatic carbocycles. The minimum atomic E-state index is -4.08. The number of hydrogen-bond donors (Lipinski definition) is 2. The second-order valence-electron chi connectivity index (χ2n) is 5.32. The lowest BCUT2D eigenvalue weighted by atomic mass is 10.1. The average Bonchev–Trinajstić information content (AvgIpc) is 2.37. The van der Waals surface area contributed by atoms with Crippen LogP contribution in [0.5, 0.6) is 0 Å². The van der Waals surface area contributed by atoms with Crippen LogP contribution in [0.1, 0.15) is 25.0 Å². The van der Waals surface area contributed by atoms with Crippen LogP contribution < -0.4 is 4.72 Å². The molecule has 0 heterocycles. The Morgan fingerprint density at radius 3 is 2.24 bits per heavy atom. The molecule has 0 aliphatic heterocycles. The number of aliphatic hydroxyl groups excluding tert-OH is 1. The minimum absolute atomic E-state index is 0.143. The van der Waals surface area contributed by atoms with Crippen LogP contribution in [0, 0.1) is 29.9 Å². The van der Waals surface area contributed by atoms with Crippen molar-refractivity contribution in [3.63, 3.8) is 0 Å². The van der Waals surface area contributed by atoms with E-state index >= 15 is 0 Å². The lowest BCUT2D eigenvalue weighted by molar-refractivity contribution is -0.387. The molecule has 0 saturated heterocycles. The number of sulfonamides is 1. The highest BCUT2D eigenvalue weighted by Crippen LogP contribution is 2.27. The first-order valence-electron chi connectivity index (χ1n) is 6.49. The topological polar surface area (TPSA) is 110 Å². The molecule has 7 nitrogen and oxygen atoms in total. The Bertz CT molecular complexity index is 640. The van der Waals surface area contributed by atoms with E-state index in [1.54, 1.807) is 27.7 Å². The van der Waals surface area contributed by atoms with E-state index in [0.29, 0.717) is 11.1 Å². The van der Waals surface area contributed by atoms with Gasteiger partial charge in [0, 0.05) is 12.1 Å². The van der Waals surface area contributed by atoms with E-state index in [2.05, 4.69) is 4.72 Å². The van der Waals surface area contributed by atoms with Crippen LogP contribution in [0.2, 0.25) is 0 Å². The number of benzene rings is 1. The van der Waals surface area contributed by atoms with Crippen molar-refractivity contribution in [3.8, 4) is 0 Å². The number of rotatable bonds is 6. The maximum Gasteiger partial charge on any atom is 0.289 e. The maximum atomic E-state index is 12.4. The molecule has 8 heteroatoms. The molecule has 0 radical (unpaired) electrons. The molecule has 0 bridgehead atoms. The molecule has 1 rings (SSSR count). The number of nitrogens with zero attached hydrogens (tertiary/aromatic N) is 1. The number of nitrogens with one attached hydrogen (secondary N) is 1. The average molecular weight is 316 g/mol. The fraction of sp³-hybridized carbons (Fsp3) is 0.538. The van der Waals surface area contributed by atoms with E-state index in [-0.39, 0.29) is 17.4 Å². The molecule has 21 heavy (non-hydrogen) atoms. The van der Waals surface area contributed by atoms with Crippen molar-refractivity contribution in [2.45, 2.75) is 38.6 Å². The van der Waals surface area contributed by atoms with Crippen LogP contribution in [0.3, 0.4) is 0 Å². The molecule has 0 spiro atoms. The van der Waals surface area contributed by atoms with E-state index in [0.717, 1.165) is 0 Å². The van der Waals surface area contributed by atoms with Gasteiger partial charge in [0.05, 0.1) is 11.5 Å². The van der Waals surface area contributed by atoms with Crippen LogP contribution >= 0.6 is 0 Å². The first-order valence-corrected chi connectivity index (χ1v) is 7.97. The van der Waals surface area contributed by atoms with Gasteiger partial charge in [-0.1, -0.05) is 13.8 Å². The fourth-order valence-electron chi connectivity index (χ4n) is 1.78. The third-order valence-corrected chi connectivity index (χ3v) is 4.89. The molecule has 1 atom stereocenters. The maximum absolute atomic E-state index is 12.4. The van der Waals surface area contributed by atoms with Crippen LogP contribution in [-0.2, 0) is 10.0 Å². The Balaban J connectivity index is 3.37. The van der Waals surface area contributed by atoms with E-state index < -0.39 is 26.7 Å². The quantitative estimate of drug-likeness (QED) is 0.610. The number of aliphatic hydroxyl groups is 1. The summed E-state index contributed by atoms with van der Waals surface area (Å²) >= 11 is 0. The highest BCUT2D eigenvalue weighted by Gasteiger charge is 2.29. The van der Waals surface area contributed by atoms with E-state index in [9.17, 15) is 23.6 Å². The minimum Gasteiger partial charge on any atom is -0.395 e. The van der Waals surface area contributed by atoms with Crippen molar-refractivity contribution in [2.75, 3.05) is 6.61 Å². The van der Waals surface area contributed by atoms with E-state index in [1.165, 1.54) is 12.1 Å². The van der Waals surface area contributed by atoms with Gasteiger partial charge in [-0.15, -0.1) is 0 Å². The third-order valence-electron chi connectivity index (χ3n) is 3.37. The van der Waals surface area contributed by atoms with Crippen molar-refractivity contribution in [2.24, 2.45) is 5.92 Å². The Morgan fingerprint density at radius 1 is 1.29 bits per heavy atom. The number of nitro groups is 1. The zero-order chi connectivity index (χ0) is 16.4. The van der Waals surface area contributed by atoms with Gasteiger partial charge in [0.25, 0.3) is 5.69 Å². The predicted molar refractivity (Wildman–Crippen MR) is 78.6 cm³/mol. The van der Waals surface area contributed by atoms with Crippen molar-refractivity contribution in [3.05, 3.63) is 33.4 Å². The summed E-state index contributed by atoms with van der Waals surface area (Å²) in [5.41, 5.74) is 0.820. The van der Waals surface area contributed by atoms with Gasteiger partial charge in [-0.3, -0.25) is 10.1 Å². The number of nitro benzene ring substituents is 1. The molecule has 0 amide bonds. The summed E-state index contributed by atoms with van der Waals surface area (Å²) in [5, 5.41) is 20.3. The Labute approximate surface area is 124 Å². The largest absolute Gasteiger partial charge is 0.395 e. The molecule has 0 fully saturated rings. The van der Waals surface area contributed by atoms with Crippen molar-refractivity contribution in [1.29, 1.82) is 0 Å². The van der Waals surface area contributed by atoms with Gasteiger partial charge in [-0.05, 0) is 37.0 Å². The molecule has 0 aromatic heterocycles. The van der Waals surface area contributed by atoms with Crippen molar-refractivity contribution >= 4 is 15.7 Å². The molecule has 0 aliphatic carbocycles. The molecule has 118 valence electrons. The molecular formula is C13H20N2O5S. The second kappa shape index (κ2) is 6.50. The Morgan fingerprint density at radius 2 is 1.81 bits per heavy atom. The second-order valence-corrected chi connectivity index (χ2v) is 7.00. The van der Waals surface area contributed by atoms with Crippen LogP contribution in [-0.4, -0.2) is 31.1 Å². The van der Waals surface area contributed by atoms with E-state index in [1.807, 2.05) is 0 Å². The van der Waals surface area contributed by atoms with Crippen LogP contribution in [0.4, 0.5) is 5.69 Å². The van der Waals surface area contributed by atoms with Crippen molar-refractivity contribution in [1.82, 2.24) is 4.72 Å². The zero-order valence-electron chi connectivity index (χ0n) is 12.5. The molecule has 0 saturated carbocycles. The standard InChI is InChI=1S/C13H20N2O5S/c1-8(2)11(7-16)14-21(19,20)13-6-10(4)9(3)5-12(13)15(17)18/h5-6,8,11,14,16H,7H2,1-4H3. The third kappa shape index (κ3) is 3.99. The van der Waals surface area contributed by atoms with Crippen LogP contribution in [0.15, 0.2) is 17.0 Å². The van der Waals surface area contributed by atoms with E-state index in [4.69, 9.17) is 0 Å². The first-order chi connectivity index (χ1) is 9.60. The molecule has 2 N–H and O–H groups in total. The summed E-state index contributed by atoms with van der Waals surface area (Å²) in [7, 11) is -4.08. The molecule has 0 aliphatic rings. The fourth-order valence-corrected chi connectivity index (χ4v) is 3.39. The SMILES string of the molecule is Cc1cc([N+](=O)[O-])c(S(=O)(=O)NC(CO)C(C)C)cc1C. The zero-order valence-corrected chi connectivity index (χ0v) is 13.3. The summed E-state index contributed by atoms with van der Waals surface area (Å²) in [4.78, 5) is 9.99. The predicted octanol–water partition coefficient (Wildman–Crippen LogP) is 1.51. The lowest BCUT2D eigenvalue weighted by Gasteiger charge is -2.20. The Kier molecular flexibility index (Phi) is 5.43. The van der Waals surface area contributed by atoms with Gasteiger partial charge in [0.2, 0.25) is 10.0 Å². The highest BCUT2D eigenvalue weighted by molar-refractivity contribution is 7.89. The summed E-state index contributed by atoms with van der Waals surface area (Å²) in [6.45, 7) is 6.48. The van der Waals surface area contributed by atoms with Gasteiger partial charge in [0.1, 0.15) is 0 Å². The highest BCUT2D eigenvalue weighted by atomic mass is 32.2. The smallest absolute Gasteiger partial charge is 0.289 e. The Hall–Kier alpha value is -1.51. The van der Waals surface area contributed by atoms with Crippen LogP contribution in [0.25, 0.3) is 0 Å². The van der Waals surface area contributed by atoms with Gasteiger partial charge in [-0.25, -0.2) is 13.1 Å². The van der Waals surface area contributed by atoms with Gasteiger partial charge in [0.15, 0.2) is 4.90 Å². The van der Waals surface area contributed by atoms with Gasteiger partial charge in [-0.2, -0.15) is 0 Å². The number of aryl methyl sites for hydroxylation is 2.